The van der Waals surface area contributed by atoms with E-state index in [-0.39, 0.29) is 5.91 Å². The largest absolute Gasteiger partial charge is 0.493 e. The molecule has 0 N–H and O–H groups in total. The molecule has 1 amide bonds. The Hall–Kier alpha value is -2.30. The highest BCUT2D eigenvalue weighted by Crippen LogP contribution is 2.21. The van der Waals surface area contributed by atoms with E-state index in [1.807, 2.05) is 36.1 Å². The Morgan fingerprint density at radius 3 is 2.92 bits per heavy atom. The van der Waals surface area contributed by atoms with Crippen LogP contribution in [0.25, 0.3) is 0 Å². The van der Waals surface area contributed by atoms with Crippen molar-refractivity contribution in [3.63, 3.8) is 0 Å². The monoisotopic (exact) mass is 328 g/mol. The van der Waals surface area contributed by atoms with E-state index < -0.39 is 0 Å². The van der Waals surface area contributed by atoms with Crippen molar-refractivity contribution in [2.45, 2.75) is 33.1 Å². The van der Waals surface area contributed by atoms with Gasteiger partial charge in [-0.15, -0.1) is 0 Å². The van der Waals surface area contributed by atoms with Gasteiger partial charge in [0.25, 0.3) is 5.91 Å². The quantitative estimate of drug-likeness (QED) is 0.843. The first kappa shape index (κ1) is 16.6. The zero-order chi connectivity index (χ0) is 16.9. The number of ether oxygens (including phenoxy) is 1. The van der Waals surface area contributed by atoms with Crippen molar-refractivity contribution in [3.8, 4) is 5.75 Å². The number of rotatable bonds is 5. The van der Waals surface area contributed by atoms with Crippen LogP contribution in [0.5, 0.6) is 5.75 Å². The molecule has 128 valence electrons. The number of nitrogens with zero attached hydrogens (tertiary/aromatic N) is 2. The second-order valence-corrected chi connectivity index (χ2v) is 6.36. The minimum Gasteiger partial charge on any atom is -0.493 e. The number of carbonyl (C=O) groups excluding carboxylic acids is 1. The van der Waals surface area contributed by atoms with Crippen molar-refractivity contribution < 1.29 is 13.9 Å². The third-order valence-corrected chi connectivity index (χ3v) is 4.48. The lowest BCUT2D eigenvalue weighted by Crippen LogP contribution is -2.42. The molecule has 5 heteroatoms. The molecule has 1 aliphatic rings. The third-order valence-electron chi connectivity index (χ3n) is 4.48. The van der Waals surface area contributed by atoms with Crippen molar-refractivity contribution in [1.29, 1.82) is 0 Å². The molecule has 1 atom stereocenters. The van der Waals surface area contributed by atoms with E-state index in [0.717, 1.165) is 25.1 Å². The first-order chi connectivity index (χ1) is 11.7. The van der Waals surface area contributed by atoms with Crippen molar-refractivity contribution in [1.82, 2.24) is 9.88 Å². The molecule has 2 aromatic rings. The highest BCUT2D eigenvalue weighted by atomic mass is 16.5. The molecule has 0 bridgehead atoms. The molecular formula is C19H24N2O3. The fraction of sp³-hybridized carbons (Fsp3) is 0.474. The molecular weight excluding hydrogens is 304 g/mol. The molecule has 1 aliphatic heterocycles. The number of likely N-dealkylation sites (tertiary alicyclic amines) is 1. The Labute approximate surface area is 142 Å². The fourth-order valence-corrected chi connectivity index (χ4v) is 3.08. The van der Waals surface area contributed by atoms with Crippen molar-refractivity contribution >= 4 is 5.91 Å². The van der Waals surface area contributed by atoms with Gasteiger partial charge in [-0.05, 0) is 31.9 Å². The van der Waals surface area contributed by atoms with Gasteiger partial charge in [0, 0.05) is 25.4 Å². The number of aryl methyl sites for hydroxylation is 2. The predicted octanol–water partition coefficient (Wildman–Crippen LogP) is 3.48. The molecule has 0 saturated carbocycles. The summed E-state index contributed by atoms with van der Waals surface area (Å²) in [7, 11) is 0. The number of hydrogen-bond donors (Lipinski definition) is 0. The summed E-state index contributed by atoms with van der Waals surface area (Å²) in [6.45, 7) is 6.14. The lowest BCUT2D eigenvalue weighted by atomic mass is 9.98. The van der Waals surface area contributed by atoms with Gasteiger partial charge in [0.2, 0.25) is 0 Å². The van der Waals surface area contributed by atoms with Crippen LogP contribution in [0.1, 0.15) is 41.6 Å². The summed E-state index contributed by atoms with van der Waals surface area (Å²) in [6, 6.07) is 8.07. The maximum Gasteiger partial charge on any atom is 0.276 e. The molecule has 2 heterocycles. The summed E-state index contributed by atoms with van der Waals surface area (Å²) in [4.78, 5) is 18.6. The summed E-state index contributed by atoms with van der Waals surface area (Å²) in [5.41, 5.74) is 1.67. The van der Waals surface area contributed by atoms with Crippen LogP contribution in [-0.4, -0.2) is 35.5 Å². The Morgan fingerprint density at radius 2 is 2.17 bits per heavy atom. The number of aromatic nitrogens is 1. The highest BCUT2D eigenvalue weighted by Gasteiger charge is 2.27. The van der Waals surface area contributed by atoms with E-state index in [1.54, 1.807) is 0 Å². The standard InChI is InChI=1S/C19H24N2O3/c1-3-17-18(20-13-24-17)19(22)21-10-4-5-15(11-21)12-23-16-8-6-14(2)7-9-16/h6-9,13,15H,3-5,10-12H2,1-2H3/t15-/m0/s1. The van der Waals surface area contributed by atoms with E-state index in [4.69, 9.17) is 9.15 Å². The predicted molar refractivity (Wildman–Crippen MR) is 91.2 cm³/mol. The Balaban J connectivity index is 1.58. The third kappa shape index (κ3) is 3.78. The van der Waals surface area contributed by atoms with Crippen LogP contribution in [0.3, 0.4) is 0 Å². The van der Waals surface area contributed by atoms with Gasteiger partial charge >= 0.3 is 0 Å². The van der Waals surface area contributed by atoms with E-state index in [2.05, 4.69) is 11.9 Å². The van der Waals surface area contributed by atoms with Gasteiger partial charge in [-0.25, -0.2) is 4.98 Å². The van der Waals surface area contributed by atoms with E-state index in [0.29, 0.717) is 36.9 Å². The van der Waals surface area contributed by atoms with Gasteiger partial charge in [0.1, 0.15) is 11.5 Å². The van der Waals surface area contributed by atoms with Crippen LogP contribution in [0.2, 0.25) is 0 Å². The summed E-state index contributed by atoms with van der Waals surface area (Å²) in [5.74, 6) is 1.87. The van der Waals surface area contributed by atoms with E-state index >= 15 is 0 Å². The number of hydrogen-bond acceptors (Lipinski definition) is 4. The minimum atomic E-state index is -0.0272. The number of carbonyl (C=O) groups is 1. The molecule has 1 fully saturated rings. The number of amides is 1. The van der Waals surface area contributed by atoms with Crippen LogP contribution in [0, 0.1) is 12.8 Å². The van der Waals surface area contributed by atoms with E-state index in [9.17, 15) is 4.79 Å². The molecule has 1 saturated heterocycles. The molecule has 5 nitrogen and oxygen atoms in total. The molecule has 1 aromatic heterocycles. The molecule has 0 aliphatic carbocycles. The molecule has 0 radical (unpaired) electrons. The van der Waals surface area contributed by atoms with Crippen molar-refractivity contribution in [2.24, 2.45) is 5.92 Å². The first-order valence-corrected chi connectivity index (χ1v) is 8.58. The van der Waals surface area contributed by atoms with Gasteiger partial charge in [0.15, 0.2) is 12.1 Å². The van der Waals surface area contributed by atoms with Crippen molar-refractivity contribution in [2.75, 3.05) is 19.7 Å². The number of benzene rings is 1. The highest BCUT2D eigenvalue weighted by molar-refractivity contribution is 5.93. The van der Waals surface area contributed by atoms with Crippen LogP contribution in [-0.2, 0) is 6.42 Å². The summed E-state index contributed by atoms with van der Waals surface area (Å²) in [6.07, 6.45) is 4.10. The maximum absolute atomic E-state index is 12.7. The maximum atomic E-state index is 12.7. The van der Waals surface area contributed by atoms with Crippen LogP contribution >= 0.6 is 0 Å². The van der Waals surface area contributed by atoms with Gasteiger partial charge in [-0.1, -0.05) is 24.6 Å². The second-order valence-electron chi connectivity index (χ2n) is 6.36. The second kappa shape index (κ2) is 7.51. The smallest absolute Gasteiger partial charge is 0.276 e. The molecule has 1 aromatic carbocycles. The lowest BCUT2D eigenvalue weighted by molar-refractivity contribution is 0.0626. The van der Waals surface area contributed by atoms with Crippen LogP contribution < -0.4 is 4.74 Å². The average molecular weight is 328 g/mol. The Bertz CT molecular complexity index is 678. The topological polar surface area (TPSA) is 55.6 Å². The zero-order valence-corrected chi connectivity index (χ0v) is 14.3. The molecule has 3 rings (SSSR count). The van der Waals surface area contributed by atoms with Crippen LogP contribution in [0.4, 0.5) is 0 Å². The summed E-state index contributed by atoms with van der Waals surface area (Å²) in [5, 5.41) is 0. The summed E-state index contributed by atoms with van der Waals surface area (Å²) >= 11 is 0. The normalized spacial score (nSPS) is 17.8. The van der Waals surface area contributed by atoms with Gasteiger partial charge in [-0.2, -0.15) is 0 Å². The Kier molecular flexibility index (Phi) is 5.18. The Morgan fingerprint density at radius 1 is 1.38 bits per heavy atom. The first-order valence-electron chi connectivity index (χ1n) is 8.58. The minimum absolute atomic E-state index is 0.0272. The zero-order valence-electron chi connectivity index (χ0n) is 14.3. The SMILES string of the molecule is CCc1ocnc1C(=O)N1CCC[C@H](COc2ccc(C)cc2)C1. The molecule has 24 heavy (non-hydrogen) atoms. The lowest BCUT2D eigenvalue weighted by Gasteiger charge is -2.32. The average Bonchev–Trinajstić information content (AvgIpc) is 3.09. The van der Waals surface area contributed by atoms with Crippen LogP contribution in [0.15, 0.2) is 35.1 Å². The number of piperidine rings is 1. The number of oxazole rings is 1. The van der Waals surface area contributed by atoms with Gasteiger partial charge in [0.05, 0.1) is 6.61 Å². The summed E-state index contributed by atoms with van der Waals surface area (Å²) < 4.78 is 11.2. The molecule has 0 unspecified atom stereocenters. The molecule has 0 spiro atoms. The van der Waals surface area contributed by atoms with E-state index in [1.165, 1.54) is 12.0 Å². The van der Waals surface area contributed by atoms with Crippen molar-refractivity contribution in [3.05, 3.63) is 47.7 Å². The van der Waals surface area contributed by atoms with Gasteiger partial charge in [-0.3, -0.25) is 4.79 Å². The van der Waals surface area contributed by atoms with Gasteiger partial charge < -0.3 is 14.1 Å². The fourth-order valence-electron chi connectivity index (χ4n) is 3.08.